The van der Waals surface area contributed by atoms with E-state index in [9.17, 15) is 14.9 Å². The van der Waals surface area contributed by atoms with Crippen LogP contribution in [0.25, 0.3) is 0 Å². The van der Waals surface area contributed by atoms with Crippen molar-refractivity contribution >= 4 is 28.9 Å². The Bertz CT molecular complexity index is 1000. The first-order valence-electron chi connectivity index (χ1n) is 8.07. The van der Waals surface area contributed by atoms with Crippen molar-refractivity contribution in [2.45, 2.75) is 6.61 Å². The molecule has 0 saturated heterocycles. The van der Waals surface area contributed by atoms with Gasteiger partial charge in [0.05, 0.1) is 22.7 Å². The van der Waals surface area contributed by atoms with Crippen LogP contribution in [0.2, 0.25) is 5.02 Å². The Hall–Kier alpha value is -3.52. The zero-order chi connectivity index (χ0) is 20.1. The lowest BCUT2D eigenvalue weighted by molar-refractivity contribution is -0.384. The Morgan fingerprint density at radius 1 is 1.14 bits per heavy atom. The number of carbonyl (C=O) groups excluding carboxylic acids is 1. The van der Waals surface area contributed by atoms with Crippen LogP contribution in [-0.2, 0) is 6.61 Å². The Labute approximate surface area is 164 Å². The van der Waals surface area contributed by atoms with Crippen LogP contribution in [0.5, 0.6) is 11.5 Å². The molecule has 144 valence electrons. The number of nitro groups is 1. The summed E-state index contributed by atoms with van der Waals surface area (Å²) in [5.74, 6) is 1.20. The third kappa shape index (κ3) is 4.60. The van der Waals surface area contributed by atoms with E-state index in [0.29, 0.717) is 17.3 Å². The van der Waals surface area contributed by atoms with Gasteiger partial charge in [-0.15, -0.1) is 0 Å². The molecule has 9 heteroatoms. The van der Waals surface area contributed by atoms with E-state index in [-0.39, 0.29) is 28.8 Å². The summed E-state index contributed by atoms with van der Waals surface area (Å²) in [6, 6.07) is 13.9. The molecule has 0 aliphatic carbocycles. The summed E-state index contributed by atoms with van der Waals surface area (Å²) in [4.78, 5) is 22.6. The Kier molecular flexibility index (Phi) is 5.81. The number of rotatable bonds is 7. The van der Waals surface area contributed by atoms with Crippen molar-refractivity contribution in [1.29, 1.82) is 0 Å². The molecule has 3 aromatic rings. The van der Waals surface area contributed by atoms with Crippen LogP contribution in [0.1, 0.15) is 16.3 Å². The molecule has 0 aliphatic heterocycles. The van der Waals surface area contributed by atoms with Crippen molar-refractivity contribution in [3.8, 4) is 11.5 Å². The highest BCUT2D eigenvalue weighted by Gasteiger charge is 2.16. The maximum Gasteiger partial charge on any atom is 0.291 e. The van der Waals surface area contributed by atoms with E-state index >= 15 is 0 Å². The van der Waals surface area contributed by atoms with Gasteiger partial charge in [0.25, 0.3) is 11.6 Å². The van der Waals surface area contributed by atoms with Crippen LogP contribution in [0.15, 0.2) is 59.0 Å². The summed E-state index contributed by atoms with van der Waals surface area (Å²) in [6.07, 6.45) is 0. The van der Waals surface area contributed by atoms with Gasteiger partial charge in [-0.05, 0) is 42.5 Å². The third-order valence-electron chi connectivity index (χ3n) is 3.73. The normalized spacial score (nSPS) is 10.4. The monoisotopic (exact) mass is 402 g/mol. The molecule has 1 N–H and O–H groups in total. The van der Waals surface area contributed by atoms with Crippen LogP contribution >= 0.6 is 11.6 Å². The summed E-state index contributed by atoms with van der Waals surface area (Å²) >= 11 is 5.98. The molecular formula is C19H15ClN2O6. The summed E-state index contributed by atoms with van der Waals surface area (Å²) in [7, 11) is 1.58. The second-order valence-electron chi connectivity index (χ2n) is 5.61. The smallest absolute Gasteiger partial charge is 0.291 e. The average molecular weight is 403 g/mol. The molecule has 28 heavy (non-hydrogen) atoms. The first-order chi connectivity index (χ1) is 13.5. The van der Waals surface area contributed by atoms with Gasteiger partial charge in [-0.25, -0.2) is 0 Å². The van der Waals surface area contributed by atoms with Gasteiger partial charge < -0.3 is 19.2 Å². The molecule has 1 heterocycles. The summed E-state index contributed by atoms with van der Waals surface area (Å²) in [5, 5.41) is 13.5. The number of carbonyl (C=O) groups is 1. The van der Waals surface area contributed by atoms with Crippen molar-refractivity contribution in [1.82, 2.24) is 0 Å². The number of halogens is 1. The van der Waals surface area contributed by atoms with Gasteiger partial charge in [0, 0.05) is 12.1 Å². The molecule has 3 rings (SSSR count). The second kappa shape index (κ2) is 8.45. The number of non-ortho nitro benzene ring substituents is 1. The van der Waals surface area contributed by atoms with Gasteiger partial charge in [0.1, 0.15) is 23.9 Å². The predicted molar refractivity (Wildman–Crippen MR) is 102 cm³/mol. The number of amides is 1. The van der Waals surface area contributed by atoms with E-state index < -0.39 is 10.8 Å². The average Bonchev–Trinajstić information content (AvgIpc) is 3.17. The Balaban J connectivity index is 1.63. The topological polar surface area (TPSA) is 104 Å². The third-order valence-corrected chi connectivity index (χ3v) is 4.06. The second-order valence-corrected chi connectivity index (χ2v) is 6.01. The molecule has 0 unspecified atom stereocenters. The van der Waals surface area contributed by atoms with E-state index in [1.165, 1.54) is 24.3 Å². The molecule has 0 saturated carbocycles. The molecule has 8 nitrogen and oxygen atoms in total. The minimum Gasteiger partial charge on any atom is -0.497 e. The maximum absolute atomic E-state index is 12.3. The van der Waals surface area contributed by atoms with E-state index in [1.807, 2.05) is 0 Å². The number of furan rings is 1. The molecule has 0 aliphatic rings. The zero-order valence-corrected chi connectivity index (χ0v) is 15.4. The number of ether oxygens (including phenoxy) is 2. The van der Waals surface area contributed by atoms with Crippen molar-refractivity contribution in [3.63, 3.8) is 0 Å². The summed E-state index contributed by atoms with van der Waals surface area (Å²) in [5.41, 5.74) is -0.0685. The first kappa shape index (κ1) is 19.2. The lowest BCUT2D eigenvalue weighted by atomic mass is 10.2. The molecule has 0 bridgehead atoms. The lowest BCUT2D eigenvalue weighted by Gasteiger charge is -2.06. The molecule has 0 radical (unpaired) electrons. The number of hydrogen-bond donors (Lipinski definition) is 1. The largest absolute Gasteiger partial charge is 0.497 e. The predicted octanol–water partition coefficient (Wildman–Crippen LogP) is 4.68. The highest BCUT2D eigenvalue weighted by Crippen LogP contribution is 2.27. The highest BCUT2D eigenvalue weighted by molar-refractivity contribution is 6.34. The van der Waals surface area contributed by atoms with E-state index in [1.54, 1.807) is 37.4 Å². The zero-order valence-electron chi connectivity index (χ0n) is 14.7. The minimum atomic E-state index is -0.585. The molecule has 2 aromatic carbocycles. The molecule has 0 spiro atoms. The minimum absolute atomic E-state index is 0.0240. The van der Waals surface area contributed by atoms with Gasteiger partial charge >= 0.3 is 0 Å². The quantitative estimate of drug-likeness (QED) is 0.454. The van der Waals surface area contributed by atoms with Gasteiger partial charge in [-0.2, -0.15) is 0 Å². The molecular weight excluding hydrogens is 388 g/mol. The number of methoxy groups -OCH3 is 1. The van der Waals surface area contributed by atoms with E-state index in [0.717, 1.165) is 0 Å². The molecule has 1 amide bonds. The van der Waals surface area contributed by atoms with Gasteiger partial charge in [0.2, 0.25) is 0 Å². The van der Waals surface area contributed by atoms with Crippen LogP contribution < -0.4 is 14.8 Å². The highest BCUT2D eigenvalue weighted by atomic mass is 35.5. The van der Waals surface area contributed by atoms with Crippen molar-refractivity contribution in [2.24, 2.45) is 0 Å². The summed E-state index contributed by atoms with van der Waals surface area (Å²) < 4.78 is 16.1. The first-order valence-corrected chi connectivity index (χ1v) is 8.45. The lowest BCUT2D eigenvalue weighted by Crippen LogP contribution is -2.11. The fourth-order valence-corrected chi connectivity index (χ4v) is 2.48. The van der Waals surface area contributed by atoms with Gasteiger partial charge in [-0.3, -0.25) is 14.9 Å². The fraction of sp³-hybridized carbons (Fsp3) is 0.105. The van der Waals surface area contributed by atoms with Crippen molar-refractivity contribution < 1.29 is 23.6 Å². The maximum atomic E-state index is 12.3. The van der Waals surface area contributed by atoms with Gasteiger partial charge in [0.15, 0.2) is 5.76 Å². The standard InChI is InChI=1S/C19H15ClN2O6/c1-26-13-3-5-14(6-4-13)27-11-15-7-9-18(28-15)19(23)21-17-10-12(22(24)25)2-8-16(17)20/h2-10H,11H2,1H3,(H,21,23). The molecule has 0 fully saturated rings. The summed E-state index contributed by atoms with van der Waals surface area (Å²) in [6.45, 7) is 0.122. The van der Waals surface area contributed by atoms with Crippen LogP contribution in [0.4, 0.5) is 11.4 Å². The number of nitrogens with one attached hydrogen (secondary N) is 1. The SMILES string of the molecule is COc1ccc(OCc2ccc(C(=O)Nc3cc([N+](=O)[O-])ccc3Cl)o2)cc1. The van der Waals surface area contributed by atoms with Crippen LogP contribution in [-0.4, -0.2) is 17.9 Å². The van der Waals surface area contributed by atoms with Crippen molar-refractivity contribution in [3.05, 3.63) is 81.3 Å². The Morgan fingerprint density at radius 2 is 1.86 bits per heavy atom. The number of nitro benzene ring substituents is 1. The number of hydrogen-bond acceptors (Lipinski definition) is 6. The molecule has 1 aromatic heterocycles. The number of benzene rings is 2. The van der Waals surface area contributed by atoms with Gasteiger partial charge in [-0.1, -0.05) is 11.6 Å². The fourth-order valence-electron chi connectivity index (χ4n) is 2.31. The van der Waals surface area contributed by atoms with Crippen molar-refractivity contribution in [2.75, 3.05) is 12.4 Å². The van der Waals surface area contributed by atoms with E-state index in [4.69, 9.17) is 25.5 Å². The molecule has 0 atom stereocenters. The van der Waals surface area contributed by atoms with E-state index in [2.05, 4.69) is 5.32 Å². The number of nitrogens with zero attached hydrogens (tertiary/aromatic N) is 1. The van der Waals surface area contributed by atoms with Crippen LogP contribution in [0.3, 0.4) is 0 Å². The van der Waals surface area contributed by atoms with Crippen LogP contribution in [0, 0.1) is 10.1 Å². The number of anilines is 1. The Morgan fingerprint density at radius 3 is 2.54 bits per heavy atom.